The second-order valence-corrected chi connectivity index (χ2v) is 3.85. The molecule has 0 saturated carbocycles. The molecule has 0 aliphatic heterocycles. The Morgan fingerprint density at radius 2 is 2.27 bits per heavy atom. The Kier molecular flexibility index (Phi) is 3.85. The van der Waals surface area contributed by atoms with Crippen LogP contribution in [0.15, 0.2) is 12.3 Å². The molecule has 15 heavy (non-hydrogen) atoms. The molecule has 1 aromatic rings. The summed E-state index contributed by atoms with van der Waals surface area (Å²) in [6.45, 7) is 7.39. The van der Waals surface area contributed by atoms with Crippen molar-refractivity contribution in [1.82, 2.24) is 9.97 Å². The summed E-state index contributed by atoms with van der Waals surface area (Å²) in [4.78, 5) is 7.85. The molecule has 0 aliphatic rings. The fraction of sp³-hybridized carbons (Fsp3) is 0.600. The molecule has 84 valence electrons. The number of nitrogens with two attached hydrogens (primary N) is 1. The smallest absolute Gasteiger partial charge is 0.221 e. The van der Waals surface area contributed by atoms with Gasteiger partial charge >= 0.3 is 0 Å². The second kappa shape index (κ2) is 4.93. The monoisotopic (exact) mass is 210 g/mol. The van der Waals surface area contributed by atoms with Crippen molar-refractivity contribution < 1.29 is 4.74 Å². The number of nitrogen functional groups attached to an aromatic ring is 1. The summed E-state index contributed by atoms with van der Waals surface area (Å²) in [5.74, 6) is 0.990. The molecule has 5 nitrogen and oxygen atoms in total. The van der Waals surface area contributed by atoms with Gasteiger partial charge in [-0.15, -0.1) is 0 Å². The predicted molar refractivity (Wildman–Crippen MR) is 60.6 cm³/mol. The molecule has 3 N–H and O–H groups in total. The number of hydrogen-bond acceptors (Lipinski definition) is 5. The molecule has 5 heteroatoms. The molecule has 0 spiro atoms. The van der Waals surface area contributed by atoms with Crippen molar-refractivity contribution in [2.24, 2.45) is 0 Å². The van der Waals surface area contributed by atoms with Crippen molar-refractivity contribution in [3.8, 4) is 0 Å². The number of ether oxygens (including phenoxy) is 1. The molecule has 1 aromatic heterocycles. The summed E-state index contributed by atoms with van der Waals surface area (Å²) in [5, 5.41) is 3.15. The first-order valence-electron chi connectivity index (χ1n) is 5.00. The average molecular weight is 210 g/mol. The van der Waals surface area contributed by atoms with Crippen LogP contribution in [0.25, 0.3) is 0 Å². The first-order chi connectivity index (χ1) is 7.03. The Morgan fingerprint density at radius 3 is 2.87 bits per heavy atom. The van der Waals surface area contributed by atoms with Crippen molar-refractivity contribution in [2.45, 2.75) is 26.4 Å². The van der Waals surface area contributed by atoms with Crippen LogP contribution in [0.1, 0.15) is 20.8 Å². The molecule has 0 bridgehead atoms. The van der Waals surface area contributed by atoms with Gasteiger partial charge in [0.25, 0.3) is 0 Å². The first-order valence-corrected chi connectivity index (χ1v) is 5.00. The maximum Gasteiger partial charge on any atom is 0.221 e. The summed E-state index contributed by atoms with van der Waals surface area (Å²) >= 11 is 0. The molecular formula is C10H18N4O. The van der Waals surface area contributed by atoms with Crippen LogP contribution >= 0.6 is 0 Å². The summed E-state index contributed by atoms with van der Waals surface area (Å²) in [6.07, 6.45) is 1.62. The van der Waals surface area contributed by atoms with Crippen LogP contribution in [0, 0.1) is 0 Å². The fourth-order valence-electron chi connectivity index (χ4n) is 1.22. The van der Waals surface area contributed by atoms with Gasteiger partial charge in [0.05, 0.1) is 5.60 Å². The predicted octanol–water partition coefficient (Wildman–Crippen LogP) is 1.29. The molecule has 1 heterocycles. The van der Waals surface area contributed by atoms with Crippen LogP contribution in [0.2, 0.25) is 0 Å². The van der Waals surface area contributed by atoms with Gasteiger partial charge in [0, 0.05) is 19.3 Å². The fourth-order valence-corrected chi connectivity index (χ4v) is 1.22. The van der Waals surface area contributed by atoms with E-state index in [1.807, 2.05) is 20.8 Å². The van der Waals surface area contributed by atoms with Crippen molar-refractivity contribution >= 4 is 11.8 Å². The van der Waals surface area contributed by atoms with Gasteiger partial charge in [-0.05, 0) is 26.8 Å². The molecule has 0 saturated heterocycles. The Balaban J connectivity index is 2.49. The third-order valence-electron chi connectivity index (χ3n) is 1.90. The van der Waals surface area contributed by atoms with E-state index in [1.54, 1.807) is 12.3 Å². The normalized spacial score (nSPS) is 11.4. The van der Waals surface area contributed by atoms with Crippen LogP contribution in [0.5, 0.6) is 0 Å². The van der Waals surface area contributed by atoms with E-state index in [1.165, 1.54) is 0 Å². The van der Waals surface area contributed by atoms with Gasteiger partial charge in [-0.1, -0.05) is 0 Å². The molecular weight excluding hydrogens is 192 g/mol. The lowest BCUT2D eigenvalue weighted by Crippen LogP contribution is -2.33. The van der Waals surface area contributed by atoms with E-state index in [0.29, 0.717) is 13.2 Å². The third-order valence-corrected chi connectivity index (χ3v) is 1.90. The van der Waals surface area contributed by atoms with E-state index < -0.39 is 0 Å². The SMILES string of the molecule is CCOC(C)(C)CNc1ccnc(N)n1. The maximum atomic E-state index is 5.54. The highest BCUT2D eigenvalue weighted by Crippen LogP contribution is 2.11. The van der Waals surface area contributed by atoms with Gasteiger partial charge in [-0.2, -0.15) is 4.98 Å². The van der Waals surface area contributed by atoms with E-state index >= 15 is 0 Å². The lowest BCUT2D eigenvalue weighted by molar-refractivity contribution is 0.000642. The van der Waals surface area contributed by atoms with Crippen LogP contribution in [0.4, 0.5) is 11.8 Å². The van der Waals surface area contributed by atoms with Crippen LogP contribution in [-0.2, 0) is 4.74 Å². The molecule has 1 rings (SSSR count). The van der Waals surface area contributed by atoms with Gasteiger partial charge in [0.2, 0.25) is 5.95 Å². The number of anilines is 2. The standard InChI is InChI=1S/C10H18N4O/c1-4-15-10(2,3)7-13-8-5-6-12-9(11)14-8/h5-6H,4,7H2,1-3H3,(H3,11,12,13,14). The van der Waals surface area contributed by atoms with Gasteiger partial charge in [-0.25, -0.2) is 4.98 Å². The molecule has 0 aromatic carbocycles. The van der Waals surface area contributed by atoms with Crippen LogP contribution in [-0.4, -0.2) is 28.7 Å². The Morgan fingerprint density at radius 1 is 1.53 bits per heavy atom. The van der Waals surface area contributed by atoms with Crippen LogP contribution in [0.3, 0.4) is 0 Å². The highest BCUT2D eigenvalue weighted by molar-refractivity contribution is 5.37. The second-order valence-electron chi connectivity index (χ2n) is 3.85. The molecule has 0 aliphatic carbocycles. The maximum absolute atomic E-state index is 5.54. The molecule has 0 unspecified atom stereocenters. The minimum atomic E-state index is -0.214. The minimum absolute atomic E-state index is 0.214. The van der Waals surface area contributed by atoms with Gasteiger partial charge in [0.15, 0.2) is 0 Å². The number of hydrogen-bond donors (Lipinski definition) is 2. The Labute approximate surface area is 90.1 Å². The lowest BCUT2D eigenvalue weighted by Gasteiger charge is -2.25. The molecule has 0 atom stereocenters. The zero-order chi connectivity index (χ0) is 11.3. The van der Waals surface area contributed by atoms with Crippen LogP contribution < -0.4 is 11.1 Å². The molecule has 0 fully saturated rings. The summed E-state index contributed by atoms with van der Waals surface area (Å²) in [7, 11) is 0. The number of nitrogens with one attached hydrogen (secondary N) is 1. The summed E-state index contributed by atoms with van der Waals surface area (Å²) in [6, 6.07) is 1.78. The van der Waals surface area contributed by atoms with E-state index in [2.05, 4.69) is 15.3 Å². The van der Waals surface area contributed by atoms with Crippen molar-refractivity contribution in [1.29, 1.82) is 0 Å². The van der Waals surface area contributed by atoms with Crippen molar-refractivity contribution in [3.63, 3.8) is 0 Å². The van der Waals surface area contributed by atoms with Gasteiger partial charge in [0.1, 0.15) is 5.82 Å². The summed E-state index contributed by atoms with van der Waals surface area (Å²) < 4.78 is 5.54. The van der Waals surface area contributed by atoms with E-state index in [4.69, 9.17) is 10.5 Å². The molecule has 0 amide bonds. The van der Waals surface area contributed by atoms with E-state index in [0.717, 1.165) is 5.82 Å². The zero-order valence-electron chi connectivity index (χ0n) is 9.45. The van der Waals surface area contributed by atoms with Crippen molar-refractivity contribution in [2.75, 3.05) is 24.2 Å². The lowest BCUT2D eigenvalue weighted by atomic mass is 10.1. The summed E-state index contributed by atoms with van der Waals surface area (Å²) in [5.41, 5.74) is 5.25. The zero-order valence-corrected chi connectivity index (χ0v) is 9.45. The number of nitrogens with zero attached hydrogens (tertiary/aromatic N) is 2. The van der Waals surface area contributed by atoms with Gasteiger partial charge < -0.3 is 15.8 Å². The third kappa shape index (κ3) is 4.12. The first kappa shape index (κ1) is 11.7. The van der Waals surface area contributed by atoms with E-state index in [9.17, 15) is 0 Å². The topological polar surface area (TPSA) is 73.1 Å². The number of rotatable bonds is 5. The highest BCUT2D eigenvalue weighted by atomic mass is 16.5. The Bertz CT molecular complexity index is 314. The van der Waals surface area contributed by atoms with E-state index in [-0.39, 0.29) is 11.5 Å². The molecule has 0 radical (unpaired) electrons. The minimum Gasteiger partial charge on any atom is -0.374 e. The van der Waals surface area contributed by atoms with Gasteiger partial charge in [-0.3, -0.25) is 0 Å². The number of aromatic nitrogens is 2. The largest absolute Gasteiger partial charge is 0.374 e. The average Bonchev–Trinajstić information content (AvgIpc) is 2.15. The Hall–Kier alpha value is -1.36. The van der Waals surface area contributed by atoms with Crippen molar-refractivity contribution in [3.05, 3.63) is 12.3 Å². The quantitative estimate of drug-likeness (QED) is 0.766. The highest BCUT2D eigenvalue weighted by Gasteiger charge is 2.17.